The predicted octanol–water partition coefficient (Wildman–Crippen LogP) is 2.84. The van der Waals surface area contributed by atoms with Gasteiger partial charge in [-0.05, 0) is 31.5 Å². The largest absolute Gasteiger partial charge is 0.405 e. The van der Waals surface area contributed by atoms with Crippen molar-refractivity contribution in [1.82, 2.24) is 10.6 Å². The molecule has 0 aromatic heterocycles. The SMILES string of the molecule is CC(C)(NCC(=O)NCC(F)(F)F)c1ccc(Cl)cc1. The maximum absolute atomic E-state index is 11.9. The van der Waals surface area contributed by atoms with Crippen molar-refractivity contribution in [2.24, 2.45) is 0 Å². The molecule has 0 aliphatic heterocycles. The van der Waals surface area contributed by atoms with Crippen molar-refractivity contribution < 1.29 is 18.0 Å². The monoisotopic (exact) mass is 308 g/mol. The number of carbonyl (C=O) groups is 1. The van der Waals surface area contributed by atoms with Gasteiger partial charge in [0.25, 0.3) is 0 Å². The van der Waals surface area contributed by atoms with Gasteiger partial charge in [0.1, 0.15) is 6.54 Å². The van der Waals surface area contributed by atoms with E-state index in [4.69, 9.17) is 11.6 Å². The first-order valence-electron chi connectivity index (χ1n) is 5.95. The molecule has 1 rings (SSSR count). The number of halogens is 4. The van der Waals surface area contributed by atoms with E-state index in [1.807, 2.05) is 19.2 Å². The van der Waals surface area contributed by atoms with Crippen LogP contribution in [-0.2, 0) is 10.3 Å². The summed E-state index contributed by atoms with van der Waals surface area (Å²) in [5.74, 6) is -0.704. The third-order valence-corrected chi connectivity index (χ3v) is 2.99. The van der Waals surface area contributed by atoms with Gasteiger partial charge in [0, 0.05) is 10.6 Å². The summed E-state index contributed by atoms with van der Waals surface area (Å²) in [5.41, 5.74) is 0.325. The summed E-state index contributed by atoms with van der Waals surface area (Å²) in [6, 6.07) is 7.01. The summed E-state index contributed by atoms with van der Waals surface area (Å²) >= 11 is 5.78. The lowest BCUT2D eigenvalue weighted by molar-refractivity contribution is -0.138. The normalized spacial score (nSPS) is 12.3. The number of nitrogens with one attached hydrogen (secondary N) is 2. The average Bonchev–Trinajstić information content (AvgIpc) is 2.34. The van der Waals surface area contributed by atoms with E-state index in [1.54, 1.807) is 24.3 Å². The second-order valence-corrected chi connectivity index (χ2v) is 5.31. The molecule has 1 amide bonds. The quantitative estimate of drug-likeness (QED) is 0.878. The van der Waals surface area contributed by atoms with Crippen LogP contribution < -0.4 is 10.6 Å². The van der Waals surface area contributed by atoms with E-state index in [-0.39, 0.29) is 6.54 Å². The highest BCUT2D eigenvalue weighted by Crippen LogP contribution is 2.21. The molecule has 0 saturated heterocycles. The lowest BCUT2D eigenvalue weighted by Gasteiger charge is -2.27. The van der Waals surface area contributed by atoms with E-state index in [9.17, 15) is 18.0 Å². The number of alkyl halides is 3. The first kappa shape index (κ1) is 16.8. The van der Waals surface area contributed by atoms with Crippen LogP contribution in [0.4, 0.5) is 13.2 Å². The first-order chi connectivity index (χ1) is 9.10. The van der Waals surface area contributed by atoms with Gasteiger partial charge in [0.2, 0.25) is 5.91 Å². The van der Waals surface area contributed by atoms with Crippen LogP contribution in [-0.4, -0.2) is 25.2 Å². The van der Waals surface area contributed by atoms with Crippen LogP contribution in [0.25, 0.3) is 0 Å². The van der Waals surface area contributed by atoms with Crippen molar-refractivity contribution in [3.8, 4) is 0 Å². The Bertz CT molecular complexity index is 458. The molecule has 0 spiro atoms. The Hall–Kier alpha value is -1.27. The molecule has 0 unspecified atom stereocenters. The zero-order valence-corrected chi connectivity index (χ0v) is 11.9. The number of rotatable bonds is 5. The van der Waals surface area contributed by atoms with Gasteiger partial charge in [-0.25, -0.2) is 0 Å². The van der Waals surface area contributed by atoms with Gasteiger partial charge in [-0.1, -0.05) is 23.7 Å². The van der Waals surface area contributed by atoms with E-state index in [0.29, 0.717) is 5.02 Å². The minimum atomic E-state index is -4.40. The standard InChI is InChI=1S/C13H16ClF3N2O/c1-12(2,9-3-5-10(14)6-4-9)19-7-11(20)18-8-13(15,16)17/h3-6,19H,7-8H2,1-2H3,(H,18,20). The summed E-state index contributed by atoms with van der Waals surface area (Å²) in [7, 11) is 0. The van der Waals surface area contributed by atoms with Gasteiger partial charge in [0.05, 0.1) is 6.54 Å². The van der Waals surface area contributed by atoms with Crippen LogP contribution in [0.1, 0.15) is 19.4 Å². The zero-order chi connectivity index (χ0) is 15.4. The Morgan fingerprint density at radius 3 is 2.25 bits per heavy atom. The average molecular weight is 309 g/mol. The minimum Gasteiger partial charge on any atom is -0.346 e. The highest BCUT2D eigenvalue weighted by atomic mass is 35.5. The molecule has 0 radical (unpaired) electrons. The Morgan fingerprint density at radius 2 is 1.75 bits per heavy atom. The highest BCUT2D eigenvalue weighted by molar-refractivity contribution is 6.30. The van der Waals surface area contributed by atoms with Gasteiger partial charge in [-0.2, -0.15) is 13.2 Å². The molecule has 0 heterocycles. The van der Waals surface area contributed by atoms with Gasteiger partial charge in [-0.3, -0.25) is 10.1 Å². The summed E-state index contributed by atoms with van der Waals surface area (Å²) < 4.78 is 35.8. The molecule has 0 bridgehead atoms. The van der Waals surface area contributed by atoms with Crippen molar-refractivity contribution in [2.75, 3.05) is 13.1 Å². The topological polar surface area (TPSA) is 41.1 Å². The van der Waals surface area contributed by atoms with E-state index in [0.717, 1.165) is 5.56 Å². The second kappa shape index (κ2) is 6.45. The third kappa shape index (κ3) is 5.79. The highest BCUT2D eigenvalue weighted by Gasteiger charge is 2.28. The van der Waals surface area contributed by atoms with Crippen LogP contribution in [0.3, 0.4) is 0 Å². The van der Waals surface area contributed by atoms with E-state index in [2.05, 4.69) is 5.32 Å². The van der Waals surface area contributed by atoms with Crippen LogP contribution in [0.15, 0.2) is 24.3 Å². The van der Waals surface area contributed by atoms with Crippen LogP contribution in [0.2, 0.25) is 5.02 Å². The fourth-order valence-corrected chi connectivity index (χ4v) is 1.66. The number of benzene rings is 1. The molecule has 0 saturated carbocycles. The Kier molecular flexibility index (Phi) is 5.42. The van der Waals surface area contributed by atoms with Crippen LogP contribution in [0.5, 0.6) is 0 Å². The molecule has 3 nitrogen and oxygen atoms in total. The lowest BCUT2D eigenvalue weighted by atomic mass is 9.94. The molecule has 7 heteroatoms. The number of carbonyl (C=O) groups excluding carboxylic acids is 1. The zero-order valence-electron chi connectivity index (χ0n) is 11.1. The Labute approximate surface area is 120 Å². The van der Waals surface area contributed by atoms with E-state index >= 15 is 0 Å². The van der Waals surface area contributed by atoms with Gasteiger partial charge in [0.15, 0.2) is 0 Å². The maximum atomic E-state index is 11.9. The molecule has 112 valence electrons. The second-order valence-electron chi connectivity index (χ2n) is 4.88. The number of amides is 1. The summed E-state index contributed by atoms with van der Waals surface area (Å²) in [6.07, 6.45) is -4.40. The Morgan fingerprint density at radius 1 is 1.20 bits per heavy atom. The van der Waals surface area contributed by atoms with Gasteiger partial charge >= 0.3 is 6.18 Å². The molecule has 1 aromatic rings. The van der Waals surface area contributed by atoms with Crippen molar-refractivity contribution in [3.63, 3.8) is 0 Å². The van der Waals surface area contributed by atoms with Gasteiger partial charge < -0.3 is 5.32 Å². The Balaban J connectivity index is 2.51. The van der Waals surface area contributed by atoms with Crippen LogP contribution in [0, 0.1) is 0 Å². The third-order valence-electron chi connectivity index (χ3n) is 2.74. The predicted molar refractivity (Wildman–Crippen MR) is 71.5 cm³/mol. The summed E-state index contributed by atoms with van der Waals surface area (Å²) in [5, 5.41) is 5.31. The summed E-state index contributed by atoms with van der Waals surface area (Å²) in [6.45, 7) is 2.13. The fraction of sp³-hybridized carbons (Fsp3) is 0.462. The van der Waals surface area contributed by atoms with Gasteiger partial charge in [-0.15, -0.1) is 0 Å². The molecule has 0 aliphatic rings. The molecule has 0 fully saturated rings. The van der Waals surface area contributed by atoms with Crippen molar-refractivity contribution in [1.29, 1.82) is 0 Å². The molecule has 2 N–H and O–H groups in total. The van der Waals surface area contributed by atoms with Crippen molar-refractivity contribution in [2.45, 2.75) is 25.6 Å². The number of hydrogen-bond donors (Lipinski definition) is 2. The fourth-order valence-electron chi connectivity index (χ4n) is 1.53. The van der Waals surface area contributed by atoms with Crippen molar-refractivity contribution in [3.05, 3.63) is 34.9 Å². The lowest BCUT2D eigenvalue weighted by Crippen LogP contribution is -2.45. The smallest absolute Gasteiger partial charge is 0.346 e. The molecular formula is C13H16ClF3N2O. The van der Waals surface area contributed by atoms with Crippen LogP contribution >= 0.6 is 11.6 Å². The molecule has 20 heavy (non-hydrogen) atoms. The van der Waals surface area contributed by atoms with E-state index < -0.39 is 24.2 Å². The number of hydrogen-bond acceptors (Lipinski definition) is 2. The molecule has 1 aromatic carbocycles. The minimum absolute atomic E-state index is 0.203. The molecule has 0 atom stereocenters. The molecular weight excluding hydrogens is 293 g/mol. The first-order valence-corrected chi connectivity index (χ1v) is 6.32. The van der Waals surface area contributed by atoms with Crippen molar-refractivity contribution >= 4 is 17.5 Å². The van der Waals surface area contributed by atoms with E-state index in [1.165, 1.54) is 0 Å². The summed E-state index contributed by atoms with van der Waals surface area (Å²) in [4.78, 5) is 11.3. The maximum Gasteiger partial charge on any atom is 0.405 e. The molecule has 0 aliphatic carbocycles.